The average molecular weight is 250 g/mol. The molecule has 4 saturated carbocycles. The molecule has 0 spiro atoms. The molecular formula is C15H22O3. The van der Waals surface area contributed by atoms with Gasteiger partial charge in [0.15, 0.2) is 0 Å². The lowest BCUT2D eigenvalue weighted by atomic mass is 9.53. The summed E-state index contributed by atoms with van der Waals surface area (Å²) < 4.78 is 5.83. The van der Waals surface area contributed by atoms with Crippen LogP contribution in [0.5, 0.6) is 0 Å². The van der Waals surface area contributed by atoms with Crippen LogP contribution in [-0.4, -0.2) is 22.8 Å². The summed E-state index contributed by atoms with van der Waals surface area (Å²) in [6.07, 6.45) is 6.64. The number of aliphatic hydroxyl groups excluding tert-OH is 1. The predicted octanol–water partition coefficient (Wildman–Crippen LogP) is 2.44. The van der Waals surface area contributed by atoms with Crippen LogP contribution in [-0.2, 0) is 9.53 Å². The van der Waals surface area contributed by atoms with Crippen molar-refractivity contribution in [2.45, 2.75) is 57.7 Å². The third-order valence-electron chi connectivity index (χ3n) is 5.23. The summed E-state index contributed by atoms with van der Waals surface area (Å²) in [6.45, 7) is 3.66. The minimum atomic E-state index is -0.267. The Morgan fingerprint density at radius 2 is 1.89 bits per heavy atom. The van der Waals surface area contributed by atoms with Crippen molar-refractivity contribution in [3.63, 3.8) is 0 Å². The van der Waals surface area contributed by atoms with E-state index in [1.54, 1.807) is 13.0 Å². The van der Waals surface area contributed by atoms with Crippen LogP contribution >= 0.6 is 0 Å². The first-order chi connectivity index (χ1) is 8.53. The first-order valence-electron chi connectivity index (χ1n) is 7.07. The topological polar surface area (TPSA) is 46.5 Å². The van der Waals surface area contributed by atoms with Gasteiger partial charge in [-0.2, -0.15) is 0 Å². The number of hydrogen-bond donors (Lipinski definition) is 1. The van der Waals surface area contributed by atoms with Gasteiger partial charge < -0.3 is 9.84 Å². The second-order valence-electron chi connectivity index (χ2n) is 6.50. The Labute approximate surface area is 108 Å². The average Bonchev–Trinajstić information content (AvgIpc) is 2.33. The molecule has 0 heterocycles. The molecule has 0 aliphatic heterocycles. The van der Waals surface area contributed by atoms with Crippen molar-refractivity contribution in [3.05, 3.63) is 11.6 Å². The lowest BCUT2D eigenvalue weighted by molar-refractivity contribution is -0.203. The smallest absolute Gasteiger partial charge is 0.333 e. The Hall–Kier alpha value is -0.830. The van der Waals surface area contributed by atoms with Gasteiger partial charge in [0.2, 0.25) is 0 Å². The normalized spacial score (nSPS) is 46.3. The fraction of sp³-hybridized carbons (Fsp3) is 0.800. The monoisotopic (exact) mass is 250 g/mol. The Morgan fingerprint density at radius 3 is 2.44 bits per heavy atom. The van der Waals surface area contributed by atoms with E-state index in [0.717, 1.165) is 32.1 Å². The van der Waals surface area contributed by atoms with E-state index < -0.39 is 0 Å². The number of rotatable bonds is 2. The maximum absolute atomic E-state index is 12.0. The minimum Gasteiger partial charge on any atom is -0.456 e. The number of carbonyl (C=O) groups is 1. The summed E-state index contributed by atoms with van der Waals surface area (Å²) >= 11 is 0. The highest BCUT2D eigenvalue weighted by Gasteiger charge is 2.57. The number of aliphatic hydroxyl groups is 1. The highest BCUT2D eigenvalue weighted by molar-refractivity contribution is 5.88. The lowest BCUT2D eigenvalue weighted by Crippen LogP contribution is -2.58. The molecule has 0 aromatic heterocycles. The molecule has 4 rings (SSSR count). The van der Waals surface area contributed by atoms with Gasteiger partial charge in [0.1, 0.15) is 5.60 Å². The molecule has 18 heavy (non-hydrogen) atoms. The van der Waals surface area contributed by atoms with Crippen molar-refractivity contribution in [1.82, 2.24) is 0 Å². The number of esters is 1. The van der Waals surface area contributed by atoms with E-state index in [9.17, 15) is 9.90 Å². The first kappa shape index (κ1) is 12.2. The Morgan fingerprint density at radius 1 is 1.28 bits per heavy atom. The largest absolute Gasteiger partial charge is 0.456 e. The standard InChI is InChI=1S/C15H22O3/c1-3-9(2)14(17)18-15-6-10-4-11(7-15)13(16)12(5-10)8-15/h3,10-13,16H,4-8H2,1-2H3. The van der Waals surface area contributed by atoms with E-state index >= 15 is 0 Å². The molecule has 2 atom stereocenters. The maximum atomic E-state index is 12.0. The molecule has 0 amide bonds. The second-order valence-corrected chi connectivity index (χ2v) is 6.50. The molecule has 4 aliphatic carbocycles. The van der Waals surface area contributed by atoms with Gasteiger partial charge in [0.25, 0.3) is 0 Å². The van der Waals surface area contributed by atoms with Crippen LogP contribution in [0.4, 0.5) is 0 Å². The third-order valence-corrected chi connectivity index (χ3v) is 5.23. The summed E-state index contributed by atoms with van der Waals surface area (Å²) in [5.74, 6) is 1.20. The van der Waals surface area contributed by atoms with Gasteiger partial charge >= 0.3 is 5.97 Å². The molecule has 0 aromatic carbocycles. The fourth-order valence-corrected chi connectivity index (χ4v) is 4.44. The quantitative estimate of drug-likeness (QED) is 0.605. The van der Waals surface area contributed by atoms with Crippen LogP contribution in [0.1, 0.15) is 46.0 Å². The number of carbonyl (C=O) groups excluding carboxylic acids is 1. The first-order valence-corrected chi connectivity index (χ1v) is 7.07. The molecule has 0 aromatic rings. The van der Waals surface area contributed by atoms with Crippen LogP contribution in [0.3, 0.4) is 0 Å². The zero-order chi connectivity index (χ0) is 12.9. The van der Waals surface area contributed by atoms with Crippen LogP contribution < -0.4 is 0 Å². The van der Waals surface area contributed by atoms with Crippen molar-refractivity contribution in [2.24, 2.45) is 17.8 Å². The molecule has 4 aliphatic rings. The molecular weight excluding hydrogens is 228 g/mol. The third kappa shape index (κ3) is 1.80. The summed E-state index contributed by atoms with van der Waals surface area (Å²) in [5, 5.41) is 10.2. The van der Waals surface area contributed by atoms with Crippen molar-refractivity contribution >= 4 is 5.97 Å². The zero-order valence-electron chi connectivity index (χ0n) is 11.2. The van der Waals surface area contributed by atoms with Gasteiger partial charge in [-0.3, -0.25) is 0 Å². The van der Waals surface area contributed by atoms with Gasteiger partial charge in [-0.05, 0) is 63.7 Å². The van der Waals surface area contributed by atoms with Gasteiger partial charge in [-0.15, -0.1) is 0 Å². The van der Waals surface area contributed by atoms with Crippen LogP contribution in [0.2, 0.25) is 0 Å². The zero-order valence-corrected chi connectivity index (χ0v) is 11.2. The van der Waals surface area contributed by atoms with Crippen molar-refractivity contribution in [1.29, 1.82) is 0 Å². The summed E-state index contributed by atoms with van der Waals surface area (Å²) in [7, 11) is 0. The SMILES string of the molecule is CC=C(C)C(=O)OC12CC3CC(C1)C(O)C(C3)C2. The van der Waals surface area contributed by atoms with E-state index in [4.69, 9.17) is 4.74 Å². The van der Waals surface area contributed by atoms with Gasteiger partial charge in [0.05, 0.1) is 6.10 Å². The van der Waals surface area contributed by atoms with Crippen molar-refractivity contribution in [3.8, 4) is 0 Å². The minimum absolute atomic E-state index is 0.156. The fourth-order valence-electron chi connectivity index (χ4n) is 4.44. The Kier molecular flexibility index (Phi) is 2.77. The number of allylic oxidation sites excluding steroid dienone is 1. The second kappa shape index (κ2) is 4.09. The summed E-state index contributed by atoms with van der Waals surface area (Å²) in [6, 6.07) is 0. The van der Waals surface area contributed by atoms with Crippen molar-refractivity contribution < 1.29 is 14.6 Å². The Bertz CT molecular complexity index is 383. The van der Waals surface area contributed by atoms with Gasteiger partial charge in [-0.1, -0.05) is 6.08 Å². The summed E-state index contributed by atoms with van der Waals surface area (Å²) in [5.41, 5.74) is 0.420. The van der Waals surface area contributed by atoms with E-state index in [2.05, 4.69) is 0 Å². The van der Waals surface area contributed by atoms with Crippen LogP contribution in [0.15, 0.2) is 11.6 Å². The van der Waals surface area contributed by atoms with E-state index in [1.807, 2.05) is 6.92 Å². The lowest BCUT2D eigenvalue weighted by Gasteiger charge is -2.57. The molecule has 2 unspecified atom stereocenters. The molecule has 4 bridgehead atoms. The predicted molar refractivity (Wildman–Crippen MR) is 67.8 cm³/mol. The molecule has 4 fully saturated rings. The Balaban J connectivity index is 1.78. The van der Waals surface area contributed by atoms with Crippen molar-refractivity contribution in [2.75, 3.05) is 0 Å². The molecule has 0 saturated heterocycles. The maximum Gasteiger partial charge on any atom is 0.333 e. The molecule has 1 N–H and O–H groups in total. The van der Waals surface area contributed by atoms with Gasteiger partial charge in [0, 0.05) is 5.57 Å². The van der Waals surface area contributed by atoms with E-state index in [0.29, 0.717) is 23.3 Å². The molecule has 0 radical (unpaired) electrons. The van der Waals surface area contributed by atoms with Crippen LogP contribution in [0.25, 0.3) is 0 Å². The summed E-state index contributed by atoms with van der Waals surface area (Å²) in [4.78, 5) is 12.0. The van der Waals surface area contributed by atoms with E-state index in [-0.39, 0.29) is 17.7 Å². The highest BCUT2D eigenvalue weighted by atomic mass is 16.6. The molecule has 3 nitrogen and oxygen atoms in total. The van der Waals surface area contributed by atoms with Crippen LogP contribution in [0, 0.1) is 17.8 Å². The molecule has 100 valence electrons. The number of ether oxygens (including phenoxy) is 1. The van der Waals surface area contributed by atoms with E-state index in [1.165, 1.54) is 0 Å². The highest BCUT2D eigenvalue weighted by Crippen LogP contribution is 2.57. The van der Waals surface area contributed by atoms with Gasteiger partial charge in [-0.25, -0.2) is 4.79 Å². The molecule has 3 heteroatoms. The number of hydrogen-bond acceptors (Lipinski definition) is 3.